The molecule has 22 heavy (non-hydrogen) atoms. The highest BCUT2D eigenvalue weighted by molar-refractivity contribution is 5.97. The predicted octanol–water partition coefficient (Wildman–Crippen LogP) is 2.53. The second kappa shape index (κ2) is 7.60. The summed E-state index contributed by atoms with van der Waals surface area (Å²) in [4.78, 5) is 15.9. The average molecular weight is 292 g/mol. The van der Waals surface area contributed by atoms with E-state index in [2.05, 4.69) is 15.6 Å². The van der Waals surface area contributed by atoms with Gasteiger partial charge < -0.3 is 10.6 Å². The molecule has 0 bridgehead atoms. The highest BCUT2D eigenvalue weighted by Gasteiger charge is 2.08. The Hall–Kier alpha value is -3.13. The molecule has 5 nitrogen and oxygen atoms in total. The van der Waals surface area contributed by atoms with Gasteiger partial charge in [0.25, 0.3) is 5.91 Å². The van der Waals surface area contributed by atoms with Crippen molar-refractivity contribution in [1.29, 1.82) is 5.26 Å². The van der Waals surface area contributed by atoms with Gasteiger partial charge in [0.1, 0.15) is 11.6 Å². The van der Waals surface area contributed by atoms with E-state index in [1.807, 2.05) is 43.3 Å². The lowest BCUT2D eigenvalue weighted by atomic mass is 10.2. The molecule has 0 fully saturated rings. The van der Waals surface area contributed by atoms with E-state index in [-0.39, 0.29) is 5.57 Å². The van der Waals surface area contributed by atoms with Crippen LogP contribution in [0.2, 0.25) is 0 Å². The van der Waals surface area contributed by atoms with Crippen LogP contribution in [-0.2, 0) is 11.3 Å². The molecule has 2 N–H and O–H groups in total. The van der Waals surface area contributed by atoms with Crippen LogP contribution in [0.15, 0.2) is 60.6 Å². The fourth-order valence-electron chi connectivity index (χ4n) is 1.73. The Morgan fingerprint density at radius 2 is 2.09 bits per heavy atom. The number of nitrogens with zero attached hydrogens (tertiary/aromatic N) is 2. The third-order valence-corrected chi connectivity index (χ3v) is 2.98. The smallest absolute Gasteiger partial charge is 0.263 e. The van der Waals surface area contributed by atoms with Gasteiger partial charge in [-0.1, -0.05) is 23.8 Å². The molecule has 0 aliphatic rings. The number of anilines is 1. The first-order valence-corrected chi connectivity index (χ1v) is 6.79. The molecule has 1 aromatic heterocycles. The largest absolute Gasteiger partial charge is 0.360 e. The molecule has 0 unspecified atom stereocenters. The van der Waals surface area contributed by atoms with Gasteiger partial charge in [0, 0.05) is 30.8 Å². The molecule has 0 spiro atoms. The molecule has 1 aromatic carbocycles. The van der Waals surface area contributed by atoms with Crippen molar-refractivity contribution in [1.82, 2.24) is 10.3 Å². The van der Waals surface area contributed by atoms with Crippen LogP contribution in [0.4, 0.5) is 5.69 Å². The first kappa shape index (κ1) is 15.3. The number of aromatic nitrogens is 1. The summed E-state index contributed by atoms with van der Waals surface area (Å²) in [5.74, 6) is -0.425. The molecular formula is C17H16N4O. The fourth-order valence-corrected chi connectivity index (χ4v) is 1.73. The minimum Gasteiger partial charge on any atom is -0.360 e. The SMILES string of the molecule is Cc1ccc(N/C=C(/C#N)C(=O)NCc2cccnc2)cc1. The van der Waals surface area contributed by atoms with Crippen molar-refractivity contribution in [2.45, 2.75) is 13.5 Å². The summed E-state index contributed by atoms with van der Waals surface area (Å²) >= 11 is 0. The number of amides is 1. The van der Waals surface area contributed by atoms with Crippen molar-refractivity contribution in [3.63, 3.8) is 0 Å². The number of hydrogen-bond donors (Lipinski definition) is 2. The van der Waals surface area contributed by atoms with Crippen molar-refractivity contribution in [3.8, 4) is 6.07 Å². The van der Waals surface area contributed by atoms with Crippen molar-refractivity contribution in [2.75, 3.05) is 5.32 Å². The molecule has 2 aromatic rings. The molecule has 0 aliphatic carbocycles. The van der Waals surface area contributed by atoms with E-state index in [1.54, 1.807) is 18.5 Å². The summed E-state index contributed by atoms with van der Waals surface area (Å²) in [6.07, 6.45) is 4.74. The molecule has 0 aliphatic heterocycles. The molecule has 1 heterocycles. The Bertz CT molecular complexity index is 700. The standard InChI is InChI=1S/C17H16N4O/c1-13-4-6-16(7-5-13)20-12-15(9-18)17(22)21-11-14-3-2-8-19-10-14/h2-8,10,12,20H,11H2,1H3,(H,21,22)/b15-12-. The Labute approximate surface area is 129 Å². The predicted molar refractivity (Wildman–Crippen MR) is 84.6 cm³/mol. The normalized spacial score (nSPS) is 10.6. The van der Waals surface area contributed by atoms with Crippen molar-refractivity contribution >= 4 is 11.6 Å². The van der Waals surface area contributed by atoms with Crippen LogP contribution in [0.3, 0.4) is 0 Å². The quantitative estimate of drug-likeness (QED) is 0.655. The maximum absolute atomic E-state index is 12.0. The molecule has 0 saturated carbocycles. The summed E-state index contributed by atoms with van der Waals surface area (Å²) in [7, 11) is 0. The lowest BCUT2D eigenvalue weighted by Crippen LogP contribution is -2.24. The second-order valence-corrected chi connectivity index (χ2v) is 4.72. The van der Waals surface area contributed by atoms with Crippen LogP contribution >= 0.6 is 0 Å². The summed E-state index contributed by atoms with van der Waals surface area (Å²) in [5.41, 5.74) is 2.85. The van der Waals surface area contributed by atoms with E-state index in [0.29, 0.717) is 6.54 Å². The highest BCUT2D eigenvalue weighted by atomic mass is 16.1. The Morgan fingerprint density at radius 1 is 1.32 bits per heavy atom. The van der Waals surface area contributed by atoms with Crippen LogP contribution in [0.25, 0.3) is 0 Å². The number of pyridine rings is 1. The maximum atomic E-state index is 12.0. The van der Waals surface area contributed by atoms with Crippen molar-refractivity contribution < 1.29 is 4.79 Å². The Morgan fingerprint density at radius 3 is 2.73 bits per heavy atom. The zero-order valence-corrected chi connectivity index (χ0v) is 12.2. The number of nitrogens with one attached hydrogen (secondary N) is 2. The van der Waals surface area contributed by atoms with Gasteiger partial charge in [0.2, 0.25) is 0 Å². The van der Waals surface area contributed by atoms with Gasteiger partial charge in [-0.05, 0) is 30.7 Å². The highest BCUT2D eigenvalue weighted by Crippen LogP contribution is 2.09. The van der Waals surface area contributed by atoms with Crippen molar-refractivity contribution in [3.05, 3.63) is 71.7 Å². The molecule has 0 radical (unpaired) electrons. The molecule has 110 valence electrons. The minimum atomic E-state index is -0.425. The van der Waals surface area contributed by atoms with Gasteiger partial charge >= 0.3 is 0 Å². The number of carbonyl (C=O) groups excluding carboxylic acids is 1. The Balaban J connectivity index is 1.95. The third-order valence-electron chi connectivity index (χ3n) is 2.98. The van der Waals surface area contributed by atoms with E-state index in [9.17, 15) is 4.79 Å². The third kappa shape index (κ3) is 4.46. The van der Waals surface area contributed by atoms with Gasteiger partial charge in [-0.25, -0.2) is 0 Å². The van der Waals surface area contributed by atoms with Crippen LogP contribution in [0.1, 0.15) is 11.1 Å². The lowest BCUT2D eigenvalue weighted by Gasteiger charge is -2.05. The molecule has 0 atom stereocenters. The van der Waals surface area contributed by atoms with E-state index >= 15 is 0 Å². The summed E-state index contributed by atoms with van der Waals surface area (Å²) in [6.45, 7) is 2.32. The zero-order chi connectivity index (χ0) is 15.8. The first-order chi connectivity index (χ1) is 10.7. The molecule has 0 saturated heterocycles. The van der Waals surface area contributed by atoms with Gasteiger partial charge in [-0.3, -0.25) is 9.78 Å². The number of rotatable bonds is 5. The van der Waals surface area contributed by atoms with Crippen LogP contribution < -0.4 is 10.6 Å². The summed E-state index contributed by atoms with van der Waals surface area (Å²) in [6, 6.07) is 13.2. The van der Waals surface area contributed by atoms with Gasteiger partial charge in [-0.15, -0.1) is 0 Å². The van der Waals surface area contributed by atoms with Crippen LogP contribution in [0, 0.1) is 18.3 Å². The number of carbonyl (C=O) groups is 1. The van der Waals surface area contributed by atoms with Crippen molar-refractivity contribution in [2.24, 2.45) is 0 Å². The Kier molecular flexibility index (Phi) is 5.27. The van der Waals surface area contributed by atoms with E-state index < -0.39 is 5.91 Å². The average Bonchev–Trinajstić information content (AvgIpc) is 2.56. The monoisotopic (exact) mass is 292 g/mol. The van der Waals surface area contributed by atoms with Gasteiger partial charge in [0.15, 0.2) is 0 Å². The molecule has 1 amide bonds. The number of benzene rings is 1. The first-order valence-electron chi connectivity index (χ1n) is 6.79. The lowest BCUT2D eigenvalue weighted by molar-refractivity contribution is -0.117. The number of aryl methyl sites for hydroxylation is 1. The zero-order valence-electron chi connectivity index (χ0n) is 12.2. The fraction of sp³-hybridized carbons (Fsp3) is 0.118. The summed E-state index contributed by atoms with van der Waals surface area (Å²) < 4.78 is 0. The topological polar surface area (TPSA) is 77.8 Å². The number of hydrogen-bond acceptors (Lipinski definition) is 4. The molecule has 5 heteroatoms. The van der Waals surface area contributed by atoms with E-state index in [4.69, 9.17) is 5.26 Å². The summed E-state index contributed by atoms with van der Waals surface area (Å²) in [5, 5.41) is 14.7. The molecule has 2 rings (SSSR count). The van der Waals surface area contributed by atoms with Crippen LogP contribution in [-0.4, -0.2) is 10.9 Å². The van der Waals surface area contributed by atoms with E-state index in [1.165, 1.54) is 6.20 Å². The second-order valence-electron chi connectivity index (χ2n) is 4.72. The van der Waals surface area contributed by atoms with Crippen LogP contribution in [0.5, 0.6) is 0 Å². The van der Waals surface area contributed by atoms with Gasteiger partial charge in [-0.2, -0.15) is 5.26 Å². The van der Waals surface area contributed by atoms with E-state index in [0.717, 1.165) is 16.8 Å². The molecular weight excluding hydrogens is 276 g/mol. The maximum Gasteiger partial charge on any atom is 0.263 e. The number of nitriles is 1. The van der Waals surface area contributed by atoms with Gasteiger partial charge in [0.05, 0.1) is 0 Å². The minimum absolute atomic E-state index is 0.0180.